The van der Waals surface area contributed by atoms with Crippen LogP contribution in [0.5, 0.6) is 0 Å². The number of anilines is 1. The molecule has 2 aliphatic heterocycles. The van der Waals surface area contributed by atoms with Crippen molar-refractivity contribution in [2.24, 2.45) is 34.8 Å². The topological polar surface area (TPSA) is 340 Å². The number of nitrogens with zero attached hydrogens (tertiary/aromatic N) is 5. The van der Waals surface area contributed by atoms with E-state index in [0.717, 1.165) is 15.5 Å². The van der Waals surface area contributed by atoms with Gasteiger partial charge in [0.2, 0.25) is 41.4 Å². The van der Waals surface area contributed by atoms with Gasteiger partial charge in [-0.05, 0) is 99.8 Å². The molecular formula is C70H104N12O14S. The maximum absolute atomic E-state index is 14.8. The number of likely N-dealkylation sites (N-methyl/N-ethyl adjacent to an activating group) is 1. The zero-order valence-corrected chi connectivity index (χ0v) is 59.5. The van der Waals surface area contributed by atoms with E-state index in [2.05, 4.69) is 36.9 Å². The highest BCUT2D eigenvalue weighted by molar-refractivity contribution is 7.09. The summed E-state index contributed by atoms with van der Waals surface area (Å²) in [4.78, 5) is 157. The molecule has 2 aromatic carbocycles. The van der Waals surface area contributed by atoms with Crippen LogP contribution < -0.4 is 37.6 Å². The highest BCUT2D eigenvalue weighted by Gasteiger charge is 2.44. The molecule has 8 N–H and O–H groups in total. The molecule has 10 atom stereocenters. The predicted molar refractivity (Wildman–Crippen MR) is 368 cm³/mol. The monoisotopic (exact) mass is 1370 g/mol. The molecule has 26 nitrogen and oxygen atoms in total. The quantitative estimate of drug-likeness (QED) is 0.0240. The average Bonchev–Trinajstić information content (AvgIpc) is 1.80. The highest BCUT2D eigenvalue weighted by atomic mass is 32.1. The van der Waals surface area contributed by atoms with Crippen molar-refractivity contribution < 1.29 is 67.0 Å². The molecule has 3 heterocycles. The van der Waals surface area contributed by atoms with E-state index >= 15 is 0 Å². The molecule has 0 unspecified atom stereocenters. The molecule has 1 saturated heterocycles. The fourth-order valence-corrected chi connectivity index (χ4v) is 12.9. The number of imide groups is 1. The number of benzene rings is 2. The van der Waals surface area contributed by atoms with E-state index in [1.165, 1.54) is 42.5 Å². The van der Waals surface area contributed by atoms with Crippen molar-refractivity contribution >= 4 is 82.3 Å². The van der Waals surface area contributed by atoms with Crippen molar-refractivity contribution in [2.45, 2.75) is 188 Å². The Kier molecular flexibility index (Phi) is 31.6. The summed E-state index contributed by atoms with van der Waals surface area (Å²) in [5.41, 5.74) is 5.98. The molecule has 1 aromatic heterocycles. The number of likely N-dealkylation sites (tertiary alicyclic amines) is 1. The van der Waals surface area contributed by atoms with Crippen LogP contribution in [0, 0.1) is 29.1 Å². The van der Waals surface area contributed by atoms with Crippen LogP contribution in [0.25, 0.3) is 0 Å². The molecule has 12 amide bonds. The standard InChI is InChI=1S/C70H104N12O14S/c1-14-45(6)60(53(94-12)40-57(86)81-37-22-26-52(81)61(95-13)46(7)62(87)76-51(65-72-35-38-97-65)39-47-23-17-15-18-24-47)80(11)66(90)59(44(4)5)78-67(91)70(8,9)42-79(10)69(93)96-41-48-28-30-49(31-29-48)74-63(88)50(25-21-34-73-68(71)92)75-64(89)58(43(2)3)77-54(83)27-19-16-20-36-82-55(84)32-33-56(82)85/h15,17-18,23-24,28-33,35,38,43-46,50-53,58-61H,14,16,19-22,25-27,34,36-37,39-42H2,1-13H3,(H,74,88)(H,75,89)(H,76,87)(H,77,83)(H,78,91)(H3,71,73,92)/t45-,46+,50-,51-,52-,53+,58-,59-,60-,61+/m0/s1. The van der Waals surface area contributed by atoms with E-state index < -0.39 is 83.6 Å². The van der Waals surface area contributed by atoms with E-state index in [9.17, 15) is 52.7 Å². The normalized spacial score (nSPS) is 16.7. The smallest absolute Gasteiger partial charge is 0.409 e. The number of aromatic nitrogens is 1. The van der Waals surface area contributed by atoms with Crippen LogP contribution in [0.3, 0.4) is 0 Å². The molecule has 0 radical (unpaired) electrons. The van der Waals surface area contributed by atoms with Gasteiger partial charge in [0.1, 0.15) is 29.7 Å². The van der Waals surface area contributed by atoms with Gasteiger partial charge in [-0.2, -0.15) is 0 Å². The van der Waals surface area contributed by atoms with Crippen LogP contribution in [0.4, 0.5) is 15.3 Å². The highest BCUT2D eigenvalue weighted by Crippen LogP contribution is 2.31. The van der Waals surface area contributed by atoms with Crippen LogP contribution in [-0.4, -0.2) is 187 Å². The van der Waals surface area contributed by atoms with Crippen molar-refractivity contribution in [3.05, 3.63) is 94.5 Å². The zero-order chi connectivity index (χ0) is 71.7. The molecule has 0 saturated carbocycles. The molecule has 0 bridgehead atoms. The van der Waals surface area contributed by atoms with Crippen molar-refractivity contribution in [1.29, 1.82) is 0 Å². The number of carbonyl (C=O) groups excluding carboxylic acids is 11. The van der Waals surface area contributed by atoms with Crippen molar-refractivity contribution in [1.82, 2.24) is 51.2 Å². The first-order valence-corrected chi connectivity index (χ1v) is 34.5. The largest absolute Gasteiger partial charge is 0.445 e. The number of thiazole rings is 1. The van der Waals surface area contributed by atoms with Crippen molar-refractivity contribution in [3.8, 4) is 0 Å². The molecule has 1 fully saturated rings. The second-order valence-corrected chi connectivity index (χ2v) is 27.6. The average molecular weight is 1370 g/mol. The number of hydrogen-bond donors (Lipinski definition) is 7. The molecule has 0 spiro atoms. The molecule has 27 heteroatoms. The summed E-state index contributed by atoms with van der Waals surface area (Å²) < 4.78 is 17.8. The van der Waals surface area contributed by atoms with Gasteiger partial charge in [-0.15, -0.1) is 11.3 Å². The van der Waals surface area contributed by atoms with Gasteiger partial charge < -0.3 is 66.5 Å². The first-order valence-electron chi connectivity index (χ1n) is 33.6. The maximum Gasteiger partial charge on any atom is 0.409 e. The fourth-order valence-electron chi connectivity index (χ4n) is 12.2. The number of hydrogen-bond acceptors (Lipinski definition) is 16. The van der Waals surface area contributed by atoms with Gasteiger partial charge in [-0.25, -0.2) is 14.6 Å². The van der Waals surface area contributed by atoms with E-state index in [0.29, 0.717) is 62.7 Å². The van der Waals surface area contributed by atoms with E-state index in [1.807, 2.05) is 70.3 Å². The lowest BCUT2D eigenvalue weighted by Crippen LogP contribution is -2.59. The number of primary amides is 1. The Morgan fingerprint density at radius 3 is 2.05 bits per heavy atom. The molecular weight excluding hydrogens is 1260 g/mol. The Bertz CT molecular complexity index is 3130. The van der Waals surface area contributed by atoms with Crippen molar-refractivity contribution in [3.63, 3.8) is 0 Å². The van der Waals surface area contributed by atoms with Gasteiger partial charge in [0.25, 0.3) is 11.8 Å². The number of ether oxygens (including phenoxy) is 3. The molecule has 2 aliphatic rings. The number of urea groups is 1. The third-order valence-corrected chi connectivity index (χ3v) is 18.9. The number of rotatable bonds is 39. The second kappa shape index (κ2) is 38.6. The van der Waals surface area contributed by atoms with E-state index in [-0.39, 0.29) is 111 Å². The second-order valence-electron chi connectivity index (χ2n) is 26.6. The lowest BCUT2D eigenvalue weighted by Gasteiger charge is -2.41. The number of amides is 12. The predicted octanol–water partition coefficient (Wildman–Crippen LogP) is 6.40. The number of nitrogens with one attached hydrogen (secondary N) is 6. The molecule has 5 rings (SSSR count). The van der Waals surface area contributed by atoms with Crippen molar-refractivity contribution in [2.75, 3.05) is 59.8 Å². The van der Waals surface area contributed by atoms with Gasteiger partial charge in [0, 0.05) is 90.3 Å². The Morgan fingerprint density at radius 1 is 0.784 bits per heavy atom. The Morgan fingerprint density at radius 2 is 1.45 bits per heavy atom. The SMILES string of the molecule is CC[C@H](C)[C@@H]([C@@H](CC(=O)N1CCC[C@H]1[C@H](OC)[C@@H](C)C(=O)N[C@@H](Cc1ccccc1)c1nccs1)OC)N(C)C(=O)[C@@H](NC(=O)C(C)(C)CN(C)C(=O)OCc1ccc(NC(=O)[C@H](CCCNC(N)=O)NC(=O)[C@@H](NC(=O)CCCCCN2C(=O)C=CC2=O)C(C)C)cc1)C(C)C. The number of methoxy groups -OCH3 is 2. The minimum atomic E-state index is -1.23. The summed E-state index contributed by atoms with van der Waals surface area (Å²) in [6.07, 6.45) is 6.47. The molecule has 97 heavy (non-hydrogen) atoms. The van der Waals surface area contributed by atoms with Crippen LogP contribution in [0.15, 0.2) is 78.3 Å². The number of unbranched alkanes of at least 4 members (excludes halogenated alkanes) is 2. The summed E-state index contributed by atoms with van der Waals surface area (Å²) in [5.74, 6) is -5.12. The minimum Gasteiger partial charge on any atom is -0.445 e. The lowest BCUT2D eigenvalue weighted by molar-refractivity contribution is -0.148. The fraction of sp³-hybridized carbons (Fsp3) is 0.600. The van der Waals surface area contributed by atoms with E-state index in [4.69, 9.17) is 19.9 Å². The summed E-state index contributed by atoms with van der Waals surface area (Å²) in [7, 11) is 6.23. The van der Waals surface area contributed by atoms with Crippen LogP contribution in [-0.2, 0) is 70.4 Å². The van der Waals surface area contributed by atoms with Gasteiger partial charge >= 0.3 is 12.1 Å². The van der Waals surface area contributed by atoms with Crippen LogP contribution >= 0.6 is 11.3 Å². The zero-order valence-electron chi connectivity index (χ0n) is 58.7. The summed E-state index contributed by atoms with van der Waals surface area (Å²) in [5, 5.41) is 19.7. The Labute approximate surface area is 575 Å². The Balaban J connectivity index is 1.14. The minimum absolute atomic E-state index is 0.0622. The number of carbonyl (C=O) groups is 11. The summed E-state index contributed by atoms with van der Waals surface area (Å²) >= 11 is 1.47. The first kappa shape index (κ1) is 79.4. The van der Waals surface area contributed by atoms with Crippen LogP contribution in [0.1, 0.15) is 149 Å². The molecule has 534 valence electrons. The first-order chi connectivity index (χ1) is 46.0. The lowest BCUT2D eigenvalue weighted by atomic mass is 9.88. The third kappa shape index (κ3) is 23.7. The molecule has 3 aromatic rings. The maximum atomic E-state index is 14.8. The molecule has 0 aliphatic carbocycles. The third-order valence-electron chi connectivity index (χ3n) is 18.0. The van der Waals surface area contributed by atoms with Gasteiger partial charge in [-0.1, -0.05) is 104 Å². The summed E-state index contributed by atoms with van der Waals surface area (Å²) in [6.45, 7) is 16.8. The number of nitrogens with two attached hydrogens (primary N) is 1. The van der Waals surface area contributed by atoms with E-state index in [1.54, 1.807) is 82.1 Å². The Hall–Kier alpha value is -8.30. The van der Waals surface area contributed by atoms with Gasteiger partial charge in [-0.3, -0.25) is 48.1 Å². The van der Waals surface area contributed by atoms with Gasteiger partial charge in [0.05, 0.1) is 48.1 Å². The van der Waals surface area contributed by atoms with Crippen LogP contribution in [0.2, 0.25) is 0 Å². The van der Waals surface area contributed by atoms with Gasteiger partial charge in [0.15, 0.2) is 0 Å². The summed E-state index contributed by atoms with van der Waals surface area (Å²) in [6, 6.07) is 11.1.